The number of carbonyl (C=O) groups excluding carboxylic acids is 1. The monoisotopic (exact) mass is 456 g/mol. The molecule has 1 amide bonds. The molecule has 30 heavy (non-hydrogen) atoms. The zero-order valence-electron chi connectivity index (χ0n) is 16.0. The Hall–Kier alpha value is -2.59. The van der Waals surface area contributed by atoms with Crippen molar-refractivity contribution in [2.24, 2.45) is 0 Å². The third-order valence-corrected chi connectivity index (χ3v) is 6.51. The molecule has 1 saturated heterocycles. The molecular weight excluding hydrogens is 439 g/mol. The van der Waals surface area contributed by atoms with Gasteiger partial charge in [-0.15, -0.1) is 11.3 Å². The molecule has 2 aromatic heterocycles. The van der Waals surface area contributed by atoms with E-state index in [0.29, 0.717) is 45.9 Å². The molecule has 0 N–H and O–H groups in total. The van der Waals surface area contributed by atoms with Crippen LogP contribution in [0.25, 0.3) is 10.4 Å². The van der Waals surface area contributed by atoms with Crippen LogP contribution < -0.4 is 4.90 Å². The van der Waals surface area contributed by atoms with E-state index < -0.39 is 0 Å². The summed E-state index contributed by atoms with van der Waals surface area (Å²) in [7, 11) is 0. The summed E-state index contributed by atoms with van der Waals surface area (Å²) in [5.41, 5.74) is 1.46. The molecule has 5 nitrogen and oxygen atoms in total. The van der Waals surface area contributed by atoms with Gasteiger partial charge >= 0.3 is 0 Å². The summed E-state index contributed by atoms with van der Waals surface area (Å²) >= 11 is 13.7. The number of pyridine rings is 1. The minimum atomic E-state index is 0.0164. The fourth-order valence-corrected chi connectivity index (χ4v) is 5.02. The van der Waals surface area contributed by atoms with Gasteiger partial charge in [0.05, 0.1) is 10.4 Å². The van der Waals surface area contributed by atoms with Crippen molar-refractivity contribution in [3.63, 3.8) is 0 Å². The molecule has 1 aromatic carbocycles. The highest BCUT2D eigenvalue weighted by atomic mass is 35.5. The summed E-state index contributed by atoms with van der Waals surface area (Å²) in [4.78, 5) is 23.1. The van der Waals surface area contributed by atoms with Gasteiger partial charge in [0.1, 0.15) is 11.9 Å². The first-order valence-electron chi connectivity index (χ1n) is 9.51. The first kappa shape index (κ1) is 20.7. The van der Waals surface area contributed by atoms with E-state index in [9.17, 15) is 10.1 Å². The van der Waals surface area contributed by atoms with Crippen LogP contribution >= 0.6 is 34.5 Å². The molecule has 1 aliphatic heterocycles. The molecule has 3 heterocycles. The number of nitrogens with zero attached hydrogens (tertiary/aromatic N) is 4. The number of anilines is 1. The number of aromatic nitrogens is 1. The van der Waals surface area contributed by atoms with Crippen molar-refractivity contribution in [3.8, 4) is 16.5 Å². The molecule has 8 heteroatoms. The van der Waals surface area contributed by atoms with E-state index in [1.54, 1.807) is 24.4 Å². The van der Waals surface area contributed by atoms with Crippen molar-refractivity contribution in [3.05, 3.63) is 69.1 Å². The van der Waals surface area contributed by atoms with Crippen molar-refractivity contribution >= 4 is 46.3 Å². The summed E-state index contributed by atoms with van der Waals surface area (Å²) in [6.07, 6.45) is 2.51. The van der Waals surface area contributed by atoms with Crippen LogP contribution in [0, 0.1) is 11.3 Å². The van der Waals surface area contributed by atoms with Gasteiger partial charge in [0.2, 0.25) is 0 Å². The number of carbonyl (C=O) groups is 1. The van der Waals surface area contributed by atoms with Crippen molar-refractivity contribution in [1.29, 1.82) is 5.26 Å². The summed E-state index contributed by atoms with van der Waals surface area (Å²) < 4.78 is 0. The van der Waals surface area contributed by atoms with Crippen LogP contribution in [0.15, 0.2) is 48.7 Å². The Balaban J connectivity index is 1.48. The number of rotatable bonds is 3. The fraction of sp³-hybridized carbons (Fsp3) is 0.227. The molecule has 0 radical (unpaired) electrons. The summed E-state index contributed by atoms with van der Waals surface area (Å²) in [5.74, 6) is 0.702. The average Bonchev–Trinajstić information content (AvgIpc) is 3.11. The average molecular weight is 457 g/mol. The molecule has 0 aliphatic carbocycles. The van der Waals surface area contributed by atoms with Crippen LogP contribution in [-0.2, 0) is 0 Å². The van der Waals surface area contributed by atoms with Gasteiger partial charge in [-0.05, 0) is 54.4 Å². The summed E-state index contributed by atoms with van der Waals surface area (Å²) in [6, 6.07) is 14.9. The molecular formula is C22H18Cl2N4OS. The Morgan fingerprint density at radius 1 is 1.07 bits per heavy atom. The highest BCUT2D eigenvalue weighted by molar-refractivity contribution is 7.17. The maximum Gasteiger partial charge on any atom is 0.264 e. The van der Waals surface area contributed by atoms with E-state index >= 15 is 0 Å². The van der Waals surface area contributed by atoms with Gasteiger partial charge < -0.3 is 9.80 Å². The zero-order chi connectivity index (χ0) is 21.1. The molecule has 0 spiro atoms. The van der Waals surface area contributed by atoms with Crippen molar-refractivity contribution in [2.45, 2.75) is 6.42 Å². The standard InChI is InChI=1S/C22H18Cl2N4OS/c23-17-11-16(12-18(24)13-17)19-4-5-20(30-19)22(29)28-8-2-7-27(9-10-28)21-15(14-25)3-1-6-26-21/h1,3-6,11-13H,2,7-10H2. The Morgan fingerprint density at radius 2 is 1.87 bits per heavy atom. The van der Waals surface area contributed by atoms with Crippen LogP contribution in [0.1, 0.15) is 21.7 Å². The third kappa shape index (κ3) is 4.44. The molecule has 1 aliphatic rings. The van der Waals surface area contributed by atoms with Gasteiger partial charge in [-0.25, -0.2) is 4.98 Å². The smallest absolute Gasteiger partial charge is 0.264 e. The molecule has 0 unspecified atom stereocenters. The Morgan fingerprint density at radius 3 is 2.63 bits per heavy atom. The highest BCUT2D eigenvalue weighted by Crippen LogP contribution is 2.33. The minimum absolute atomic E-state index is 0.0164. The third-order valence-electron chi connectivity index (χ3n) is 4.95. The molecule has 0 atom stereocenters. The van der Waals surface area contributed by atoms with Crippen LogP contribution in [0.5, 0.6) is 0 Å². The fourth-order valence-electron chi connectivity index (χ4n) is 3.53. The number of benzene rings is 1. The maximum atomic E-state index is 13.1. The van der Waals surface area contributed by atoms with E-state index in [-0.39, 0.29) is 5.91 Å². The lowest BCUT2D eigenvalue weighted by molar-refractivity contribution is 0.0772. The van der Waals surface area contributed by atoms with Gasteiger partial charge in [0.25, 0.3) is 5.91 Å². The number of amides is 1. The number of nitriles is 1. The lowest BCUT2D eigenvalue weighted by Gasteiger charge is -2.23. The van der Waals surface area contributed by atoms with E-state index in [4.69, 9.17) is 23.2 Å². The number of hydrogen-bond acceptors (Lipinski definition) is 5. The highest BCUT2D eigenvalue weighted by Gasteiger charge is 2.23. The number of thiophene rings is 1. The van der Waals surface area contributed by atoms with E-state index in [1.807, 2.05) is 29.2 Å². The largest absolute Gasteiger partial charge is 0.354 e. The van der Waals surface area contributed by atoms with E-state index in [1.165, 1.54) is 11.3 Å². The quantitative estimate of drug-likeness (QED) is 0.533. The molecule has 1 fully saturated rings. The van der Waals surface area contributed by atoms with Crippen molar-refractivity contribution in [1.82, 2.24) is 9.88 Å². The van der Waals surface area contributed by atoms with Crippen LogP contribution in [0.4, 0.5) is 5.82 Å². The first-order chi connectivity index (χ1) is 14.5. The van der Waals surface area contributed by atoms with Crippen molar-refractivity contribution in [2.75, 3.05) is 31.1 Å². The minimum Gasteiger partial charge on any atom is -0.354 e. The number of halogens is 2. The van der Waals surface area contributed by atoms with E-state index in [2.05, 4.69) is 16.0 Å². The molecule has 3 aromatic rings. The normalized spacial score (nSPS) is 14.3. The predicted molar refractivity (Wildman–Crippen MR) is 121 cm³/mol. The van der Waals surface area contributed by atoms with Crippen molar-refractivity contribution < 1.29 is 4.79 Å². The topological polar surface area (TPSA) is 60.2 Å². The first-order valence-corrected chi connectivity index (χ1v) is 11.1. The summed E-state index contributed by atoms with van der Waals surface area (Å²) in [5, 5.41) is 10.5. The van der Waals surface area contributed by atoms with Crippen LogP contribution in [0.3, 0.4) is 0 Å². The van der Waals surface area contributed by atoms with Gasteiger partial charge in [-0.3, -0.25) is 4.79 Å². The second-order valence-electron chi connectivity index (χ2n) is 6.94. The number of hydrogen-bond donors (Lipinski definition) is 0. The van der Waals surface area contributed by atoms with Gasteiger partial charge in [-0.2, -0.15) is 5.26 Å². The van der Waals surface area contributed by atoms with Gasteiger partial charge in [0, 0.05) is 47.3 Å². The lowest BCUT2D eigenvalue weighted by Crippen LogP contribution is -2.35. The Kier molecular flexibility index (Phi) is 6.24. The molecule has 0 bridgehead atoms. The Labute approximate surface area is 189 Å². The molecule has 152 valence electrons. The van der Waals surface area contributed by atoms with Gasteiger partial charge in [-0.1, -0.05) is 23.2 Å². The van der Waals surface area contributed by atoms with Gasteiger partial charge in [0.15, 0.2) is 0 Å². The molecule has 0 saturated carbocycles. The van der Waals surface area contributed by atoms with Crippen LogP contribution in [0.2, 0.25) is 10.0 Å². The maximum absolute atomic E-state index is 13.1. The SMILES string of the molecule is N#Cc1cccnc1N1CCCN(C(=O)c2ccc(-c3cc(Cl)cc(Cl)c3)s2)CC1. The summed E-state index contributed by atoms with van der Waals surface area (Å²) in [6.45, 7) is 2.64. The van der Waals surface area contributed by atoms with Crippen LogP contribution in [-0.4, -0.2) is 42.0 Å². The second kappa shape index (κ2) is 9.05. The van der Waals surface area contributed by atoms with E-state index in [0.717, 1.165) is 23.4 Å². The zero-order valence-corrected chi connectivity index (χ0v) is 18.3. The predicted octanol–water partition coefficient (Wildman–Crippen LogP) is 5.34. The lowest BCUT2D eigenvalue weighted by atomic mass is 10.2. The Bertz CT molecular complexity index is 1100. The molecule has 4 rings (SSSR count). The second-order valence-corrected chi connectivity index (χ2v) is 8.90.